The van der Waals surface area contributed by atoms with E-state index in [2.05, 4.69) is 5.32 Å². The Hall–Kier alpha value is -0.570. The van der Waals surface area contributed by atoms with E-state index in [1.54, 1.807) is 0 Å². The lowest BCUT2D eigenvalue weighted by Crippen LogP contribution is -2.32. The Morgan fingerprint density at radius 3 is 2.59 bits per heavy atom. The maximum Gasteiger partial charge on any atom is 0.313 e. The van der Waals surface area contributed by atoms with Gasteiger partial charge in [-0.1, -0.05) is 32.1 Å². The van der Waals surface area contributed by atoms with Gasteiger partial charge in [-0.25, -0.2) is 0 Å². The Bertz CT molecular complexity index is 255. The third kappa shape index (κ3) is 3.44. The summed E-state index contributed by atoms with van der Waals surface area (Å²) < 4.78 is 4.85. The predicted octanol–water partition coefficient (Wildman–Crippen LogP) is 2.50. The van der Waals surface area contributed by atoms with Gasteiger partial charge in [-0.2, -0.15) is 0 Å². The molecule has 1 N–H and O–H groups in total. The summed E-state index contributed by atoms with van der Waals surface area (Å²) >= 11 is 0. The minimum Gasteiger partial charge on any atom is -0.469 e. The molecule has 3 nitrogen and oxygen atoms in total. The van der Waals surface area contributed by atoms with Gasteiger partial charge in [0.2, 0.25) is 0 Å². The van der Waals surface area contributed by atoms with Crippen molar-refractivity contribution in [1.82, 2.24) is 5.32 Å². The van der Waals surface area contributed by atoms with E-state index in [-0.39, 0.29) is 11.4 Å². The minimum absolute atomic E-state index is 0.0253. The Kier molecular flexibility index (Phi) is 4.43. The maximum absolute atomic E-state index is 11.5. The highest BCUT2D eigenvalue weighted by Crippen LogP contribution is 2.46. The van der Waals surface area contributed by atoms with Gasteiger partial charge in [0.15, 0.2) is 0 Å². The highest BCUT2D eigenvalue weighted by molar-refractivity contribution is 5.80. The van der Waals surface area contributed by atoms with Gasteiger partial charge >= 0.3 is 5.97 Å². The smallest absolute Gasteiger partial charge is 0.313 e. The second-order valence-corrected chi connectivity index (χ2v) is 5.74. The van der Waals surface area contributed by atoms with Crippen molar-refractivity contribution < 1.29 is 9.53 Å². The van der Waals surface area contributed by atoms with Crippen LogP contribution >= 0.6 is 0 Å². The molecule has 0 atom stereocenters. The van der Waals surface area contributed by atoms with Gasteiger partial charge in [-0.05, 0) is 31.7 Å². The molecule has 0 aromatic rings. The second kappa shape index (κ2) is 5.85. The number of hydrogen-bond acceptors (Lipinski definition) is 3. The first-order valence-corrected chi connectivity index (χ1v) is 7.06. The highest BCUT2D eigenvalue weighted by Gasteiger charge is 2.50. The normalized spacial score (nSPS) is 23.4. The summed E-state index contributed by atoms with van der Waals surface area (Å²) in [5.74, 6) is 0.896. The zero-order valence-corrected chi connectivity index (χ0v) is 11.0. The molecule has 98 valence electrons. The lowest BCUT2D eigenvalue weighted by molar-refractivity contribution is -0.146. The van der Waals surface area contributed by atoms with E-state index in [1.165, 1.54) is 45.6 Å². The summed E-state index contributed by atoms with van der Waals surface area (Å²) in [4.78, 5) is 11.5. The quantitative estimate of drug-likeness (QED) is 0.571. The van der Waals surface area contributed by atoms with E-state index in [4.69, 9.17) is 4.74 Å². The standard InChI is InChI=1S/C14H25NO2/c1-17-13(16)14(8-9-14)11-15-10-7-12-5-3-2-4-6-12/h12,15H,2-11H2,1H3. The summed E-state index contributed by atoms with van der Waals surface area (Å²) in [7, 11) is 1.49. The fraction of sp³-hybridized carbons (Fsp3) is 0.929. The zero-order chi connectivity index (χ0) is 12.1. The molecule has 0 unspecified atom stereocenters. The lowest BCUT2D eigenvalue weighted by Gasteiger charge is -2.22. The molecule has 3 heteroatoms. The molecule has 2 fully saturated rings. The average molecular weight is 239 g/mol. The fourth-order valence-electron chi connectivity index (χ4n) is 2.93. The zero-order valence-electron chi connectivity index (χ0n) is 11.0. The molecule has 17 heavy (non-hydrogen) atoms. The van der Waals surface area contributed by atoms with Crippen LogP contribution in [0.4, 0.5) is 0 Å². The number of carbonyl (C=O) groups excluding carboxylic acids is 1. The summed E-state index contributed by atoms with van der Waals surface area (Å²) in [5, 5.41) is 3.45. The molecule has 0 heterocycles. The minimum atomic E-state index is -0.165. The first kappa shape index (κ1) is 12.9. The van der Waals surface area contributed by atoms with Crippen LogP contribution in [0.3, 0.4) is 0 Å². The van der Waals surface area contributed by atoms with Crippen LogP contribution < -0.4 is 5.32 Å². The molecule has 0 bridgehead atoms. The number of methoxy groups -OCH3 is 1. The number of hydrogen-bond donors (Lipinski definition) is 1. The van der Waals surface area contributed by atoms with Gasteiger partial charge in [0.1, 0.15) is 0 Å². The number of ether oxygens (including phenoxy) is 1. The third-order valence-corrected chi connectivity index (χ3v) is 4.39. The van der Waals surface area contributed by atoms with Crippen molar-refractivity contribution in [3.8, 4) is 0 Å². The van der Waals surface area contributed by atoms with Crippen LogP contribution in [-0.4, -0.2) is 26.2 Å². The number of rotatable bonds is 6. The van der Waals surface area contributed by atoms with Gasteiger partial charge in [-0.3, -0.25) is 4.79 Å². The van der Waals surface area contributed by atoms with E-state index in [9.17, 15) is 4.79 Å². The van der Waals surface area contributed by atoms with Crippen molar-refractivity contribution in [2.24, 2.45) is 11.3 Å². The van der Waals surface area contributed by atoms with Gasteiger partial charge in [0, 0.05) is 6.54 Å². The van der Waals surface area contributed by atoms with Crippen molar-refractivity contribution in [2.45, 2.75) is 51.4 Å². The van der Waals surface area contributed by atoms with Crippen molar-refractivity contribution in [3.63, 3.8) is 0 Å². The number of esters is 1. The van der Waals surface area contributed by atoms with Gasteiger partial charge in [0.25, 0.3) is 0 Å². The van der Waals surface area contributed by atoms with Crippen LogP contribution in [0.2, 0.25) is 0 Å². The summed E-state index contributed by atoms with van der Waals surface area (Å²) in [6, 6.07) is 0. The third-order valence-electron chi connectivity index (χ3n) is 4.39. The molecule has 0 amide bonds. The number of carbonyl (C=O) groups is 1. The molecule has 0 aromatic carbocycles. The van der Waals surface area contributed by atoms with Crippen molar-refractivity contribution in [3.05, 3.63) is 0 Å². The van der Waals surface area contributed by atoms with Crippen molar-refractivity contribution in [2.75, 3.05) is 20.2 Å². The van der Waals surface area contributed by atoms with Crippen LogP contribution in [-0.2, 0) is 9.53 Å². The van der Waals surface area contributed by atoms with Crippen LogP contribution in [0.1, 0.15) is 51.4 Å². The van der Waals surface area contributed by atoms with Gasteiger partial charge < -0.3 is 10.1 Å². The summed E-state index contributed by atoms with van der Waals surface area (Å²) in [6.45, 7) is 1.87. The Morgan fingerprint density at radius 2 is 2.00 bits per heavy atom. The Labute approximate surface area is 104 Å². The molecular formula is C14H25NO2. The van der Waals surface area contributed by atoms with Gasteiger partial charge in [0.05, 0.1) is 12.5 Å². The highest BCUT2D eigenvalue weighted by atomic mass is 16.5. The van der Waals surface area contributed by atoms with Crippen molar-refractivity contribution in [1.29, 1.82) is 0 Å². The van der Waals surface area contributed by atoms with Crippen LogP contribution in [0, 0.1) is 11.3 Å². The predicted molar refractivity (Wildman–Crippen MR) is 67.7 cm³/mol. The largest absolute Gasteiger partial charge is 0.469 e. The van der Waals surface area contributed by atoms with E-state index in [1.807, 2.05) is 0 Å². The Balaban J connectivity index is 1.58. The molecule has 2 saturated carbocycles. The van der Waals surface area contributed by atoms with Gasteiger partial charge in [-0.15, -0.1) is 0 Å². The number of nitrogens with one attached hydrogen (secondary N) is 1. The van der Waals surface area contributed by atoms with Crippen LogP contribution in [0.25, 0.3) is 0 Å². The molecule has 0 aromatic heterocycles. The van der Waals surface area contributed by atoms with E-state index < -0.39 is 0 Å². The monoisotopic (exact) mass is 239 g/mol. The molecule has 2 aliphatic rings. The fourth-order valence-corrected chi connectivity index (χ4v) is 2.93. The first-order valence-electron chi connectivity index (χ1n) is 7.06. The maximum atomic E-state index is 11.5. The molecule has 0 saturated heterocycles. The average Bonchev–Trinajstić information content (AvgIpc) is 3.16. The molecular weight excluding hydrogens is 214 g/mol. The molecule has 2 rings (SSSR count). The first-order chi connectivity index (χ1) is 8.27. The Morgan fingerprint density at radius 1 is 1.29 bits per heavy atom. The molecule has 0 radical (unpaired) electrons. The van der Waals surface area contributed by atoms with Crippen LogP contribution in [0.15, 0.2) is 0 Å². The topological polar surface area (TPSA) is 38.3 Å². The van der Waals surface area contributed by atoms with E-state index in [0.29, 0.717) is 0 Å². The van der Waals surface area contributed by atoms with E-state index in [0.717, 1.165) is 31.8 Å². The van der Waals surface area contributed by atoms with Crippen LogP contribution in [0.5, 0.6) is 0 Å². The molecule has 2 aliphatic carbocycles. The second-order valence-electron chi connectivity index (χ2n) is 5.74. The lowest BCUT2D eigenvalue weighted by atomic mass is 9.87. The molecule has 0 aliphatic heterocycles. The van der Waals surface area contributed by atoms with Crippen molar-refractivity contribution >= 4 is 5.97 Å². The summed E-state index contributed by atoms with van der Waals surface area (Å²) in [5.41, 5.74) is -0.165. The SMILES string of the molecule is COC(=O)C1(CNCCC2CCCCC2)CC1. The molecule has 0 spiro atoms. The van der Waals surface area contributed by atoms with E-state index >= 15 is 0 Å². The summed E-state index contributed by atoms with van der Waals surface area (Å²) in [6.07, 6.45) is 10.3.